The molecule has 0 atom stereocenters. The van der Waals surface area contributed by atoms with E-state index in [2.05, 4.69) is 0 Å². The predicted octanol–water partition coefficient (Wildman–Crippen LogP) is 5.87. The number of ether oxygens (including phenoxy) is 1. The third-order valence-electron chi connectivity index (χ3n) is 4.78. The van der Waals surface area contributed by atoms with Crippen molar-refractivity contribution in [1.29, 1.82) is 0 Å². The first-order valence-electron chi connectivity index (χ1n) is 9.97. The SMILES string of the molecule is CCOC(=O)c1ccc(CN(Cc2ccc(C)cc2)S(=O)(=O)c2cc(Cl)cc(Cl)c2)cc1. The monoisotopic (exact) mass is 491 g/mol. The second-order valence-electron chi connectivity index (χ2n) is 7.28. The molecule has 5 nitrogen and oxygen atoms in total. The quantitative estimate of drug-likeness (QED) is 0.369. The van der Waals surface area contributed by atoms with Gasteiger partial charge in [0, 0.05) is 23.1 Å². The second kappa shape index (κ2) is 10.5. The molecule has 32 heavy (non-hydrogen) atoms. The van der Waals surface area contributed by atoms with E-state index in [1.807, 2.05) is 31.2 Å². The maximum Gasteiger partial charge on any atom is 0.338 e. The molecule has 0 fully saturated rings. The standard InChI is InChI=1S/C24H23Cl2NO4S/c1-3-31-24(28)20-10-8-19(9-11-20)16-27(15-18-6-4-17(2)5-7-18)32(29,30)23-13-21(25)12-22(26)14-23/h4-14H,3,15-16H2,1-2H3. The summed E-state index contributed by atoms with van der Waals surface area (Å²) in [6, 6.07) is 18.6. The van der Waals surface area contributed by atoms with E-state index in [1.165, 1.54) is 22.5 Å². The number of rotatable bonds is 8. The lowest BCUT2D eigenvalue weighted by Crippen LogP contribution is -2.30. The Morgan fingerprint density at radius 2 is 1.38 bits per heavy atom. The number of hydrogen-bond acceptors (Lipinski definition) is 4. The van der Waals surface area contributed by atoms with Crippen molar-refractivity contribution in [2.75, 3.05) is 6.61 Å². The van der Waals surface area contributed by atoms with E-state index in [0.717, 1.165) is 16.7 Å². The van der Waals surface area contributed by atoms with E-state index < -0.39 is 16.0 Å². The van der Waals surface area contributed by atoms with Crippen molar-refractivity contribution >= 4 is 39.2 Å². The van der Waals surface area contributed by atoms with Gasteiger partial charge in [-0.15, -0.1) is 0 Å². The fourth-order valence-corrected chi connectivity index (χ4v) is 5.26. The van der Waals surface area contributed by atoms with Crippen LogP contribution in [0.3, 0.4) is 0 Å². The number of carbonyl (C=O) groups is 1. The number of halogens is 2. The lowest BCUT2D eigenvalue weighted by molar-refractivity contribution is 0.0526. The molecular formula is C24H23Cl2NO4S. The van der Waals surface area contributed by atoms with Crippen LogP contribution < -0.4 is 0 Å². The highest BCUT2D eigenvalue weighted by Gasteiger charge is 2.26. The first-order valence-corrected chi connectivity index (χ1v) is 12.2. The van der Waals surface area contributed by atoms with E-state index in [1.54, 1.807) is 31.2 Å². The minimum Gasteiger partial charge on any atom is -0.462 e. The molecule has 0 spiro atoms. The molecule has 0 saturated heterocycles. The molecular weight excluding hydrogens is 469 g/mol. The number of aryl methyl sites for hydroxylation is 1. The third-order valence-corrected chi connectivity index (χ3v) is 6.98. The molecule has 0 unspecified atom stereocenters. The minimum absolute atomic E-state index is 0.0188. The van der Waals surface area contributed by atoms with Crippen LogP contribution in [0.25, 0.3) is 0 Å². The summed E-state index contributed by atoms with van der Waals surface area (Å²) < 4.78 is 33.4. The van der Waals surface area contributed by atoms with Gasteiger partial charge in [-0.25, -0.2) is 13.2 Å². The Hall–Kier alpha value is -2.38. The van der Waals surface area contributed by atoms with Gasteiger partial charge in [0.15, 0.2) is 0 Å². The molecule has 0 aliphatic heterocycles. The van der Waals surface area contributed by atoms with Crippen molar-refractivity contribution in [3.63, 3.8) is 0 Å². The fraction of sp³-hybridized carbons (Fsp3) is 0.208. The van der Waals surface area contributed by atoms with Crippen LogP contribution in [0.5, 0.6) is 0 Å². The highest BCUT2D eigenvalue weighted by molar-refractivity contribution is 7.89. The lowest BCUT2D eigenvalue weighted by Gasteiger charge is -2.23. The summed E-state index contributed by atoms with van der Waals surface area (Å²) in [4.78, 5) is 11.9. The Morgan fingerprint density at radius 1 is 0.875 bits per heavy atom. The molecule has 0 radical (unpaired) electrons. The summed E-state index contributed by atoms with van der Waals surface area (Å²) in [6.07, 6.45) is 0. The molecule has 168 valence electrons. The average Bonchev–Trinajstić information content (AvgIpc) is 2.74. The van der Waals surface area contributed by atoms with Crippen molar-refractivity contribution in [3.05, 3.63) is 99.0 Å². The van der Waals surface area contributed by atoms with Crippen LogP contribution in [-0.2, 0) is 27.8 Å². The first kappa shape index (κ1) is 24.3. The maximum absolute atomic E-state index is 13.5. The molecule has 3 aromatic carbocycles. The van der Waals surface area contributed by atoms with Crippen LogP contribution in [0.15, 0.2) is 71.6 Å². The largest absolute Gasteiger partial charge is 0.462 e. The van der Waals surface area contributed by atoms with Crippen LogP contribution in [0, 0.1) is 6.92 Å². The van der Waals surface area contributed by atoms with E-state index in [9.17, 15) is 13.2 Å². The Balaban J connectivity index is 1.95. The van der Waals surface area contributed by atoms with Crippen molar-refractivity contribution in [2.45, 2.75) is 31.8 Å². The molecule has 3 rings (SSSR count). The van der Waals surface area contributed by atoms with Crippen molar-refractivity contribution in [2.24, 2.45) is 0 Å². The summed E-state index contributed by atoms with van der Waals surface area (Å²) >= 11 is 12.1. The fourth-order valence-electron chi connectivity index (χ4n) is 3.11. The molecule has 0 aliphatic rings. The zero-order chi connectivity index (χ0) is 23.3. The minimum atomic E-state index is -3.91. The van der Waals surface area contributed by atoms with Crippen molar-refractivity contribution in [1.82, 2.24) is 4.31 Å². The number of hydrogen-bond donors (Lipinski definition) is 0. The predicted molar refractivity (Wildman–Crippen MR) is 126 cm³/mol. The summed E-state index contributed by atoms with van der Waals surface area (Å²) in [5.41, 5.74) is 3.06. The normalized spacial score (nSPS) is 11.5. The van der Waals surface area contributed by atoms with Gasteiger partial charge >= 0.3 is 5.97 Å². The van der Waals surface area contributed by atoms with E-state index in [4.69, 9.17) is 27.9 Å². The van der Waals surface area contributed by atoms with Gasteiger partial charge in [-0.2, -0.15) is 4.31 Å². The molecule has 0 aromatic heterocycles. The molecule has 0 amide bonds. The Kier molecular flexibility index (Phi) is 7.96. The summed E-state index contributed by atoms with van der Waals surface area (Å²) in [6.45, 7) is 4.25. The number of nitrogens with zero attached hydrogens (tertiary/aromatic N) is 1. The zero-order valence-corrected chi connectivity index (χ0v) is 20.0. The highest BCUT2D eigenvalue weighted by atomic mass is 35.5. The van der Waals surface area contributed by atoms with Crippen molar-refractivity contribution in [3.8, 4) is 0 Å². The third kappa shape index (κ3) is 6.11. The number of sulfonamides is 1. The van der Waals surface area contributed by atoms with Gasteiger partial charge in [-0.3, -0.25) is 0 Å². The van der Waals surface area contributed by atoms with Crippen LogP contribution in [0.4, 0.5) is 0 Å². The Morgan fingerprint density at radius 3 is 1.88 bits per heavy atom. The van der Waals surface area contributed by atoms with Gasteiger partial charge in [-0.1, -0.05) is 65.2 Å². The van der Waals surface area contributed by atoms with Gasteiger partial charge in [0.25, 0.3) is 0 Å². The highest BCUT2D eigenvalue weighted by Crippen LogP contribution is 2.27. The smallest absolute Gasteiger partial charge is 0.338 e. The van der Waals surface area contributed by atoms with Gasteiger partial charge in [0.05, 0.1) is 17.1 Å². The van der Waals surface area contributed by atoms with E-state index in [0.29, 0.717) is 5.56 Å². The molecule has 8 heteroatoms. The Labute approximate surface area is 198 Å². The van der Waals surface area contributed by atoms with E-state index in [-0.39, 0.29) is 34.6 Å². The number of carbonyl (C=O) groups excluding carboxylic acids is 1. The molecule has 0 aliphatic carbocycles. The maximum atomic E-state index is 13.5. The first-order chi connectivity index (χ1) is 15.2. The second-order valence-corrected chi connectivity index (χ2v) is 10.1. The molecule has 0 heterocycles. The Bertz CT molecular complexity index is 1170. The average molecular weight is 492 g/mol. The van der Waals surface area contributed by atoms with Gasteiger partial charge in [0.2, 0.25) is 10.0 Å². The van der Waals surface area contributed by atoms with Crippen LogP contribution in [-0.4, -0.2) is 25.3 Å². The zero-order valence-electron chi connectivity index (χ0n) is 17.7. The van der Waals surface area contributed by atoms with Gasteiger partial charge in [0.1, 0.15) is 0 Å². The summed E-state index contributed by atoms with van der Waals surface area (Å²) in [5.74, 6) is -0.420. The van der Waals surface area contributed by atoms with E-state index >= 15 is 0 Å². The van der Waals surface area contributed by atoms with Gasteiger partial charge < -0.3 is 4.74 Å². The molecule has 3 aromatic rings. The molecule has 0 N–H and O–H groups in total. The topological polar surface area (TPSA) is 63.7 Å². The van der Waals surface area contributed by atoms with Gasteiger partial charge in [-0.05, 0) is 55.3 Å². The summed E-state index contributed by atoms with van der Waals surface area (Å²) in [5, 5.41) is 0.482. The van der Waals surface area contributed by atoms with Crippen LogP contribution >= 0.6 is 23.2 Å². The molecule has 0 saturated carbocycles. The van der Waals surface area contributed by atoms with Crippen LogP contribution in [0.1, 0.15) is 34.0 Å². The van der Waals surface area contributed by atoms with Crippen molar-refractivity contribution < 1.29 is 17.9 Å². The van der Waals surface area contributed by atoms with Crippen LogP contribution in [0.2, 0.25) is 10.0 Å². The molecule has 0 bridgehead atoms. The number of esters is 1. The number of benzene rings is 3. The lowest BCUT2D eigenvalue weighted by atomic mass is 10.1. The summed E-state index contributed by atoms with van der Waals surface area (Å²) in [7, 11) is -3.91.